The van der Waals surface area contributed by atoms with Gasteiger partial charge in [0.25, 0.3) is 0 Å². The Morgan fingerprint density at radius 1 is 1.37 bits per heavy atom. The molecule has 3 rings (SSSR count). The minimum absolute atomic E-state index is 0. The number of carbonyl (C=O) groups excluding carboxylic acids is 1. The van der Waals surface area contributed by atoms with Crippen molar-refractivity contribution in [2.45, 2.75) is 13.0 Å². The van der Waals surface area contributed by atoms with Gasteiger partial charge in [-0.1, -0.05) is 18.2 Å². The highest BCUT2D eigenvalue weighted by molar-refractivity contribution is 5.92. The van der Waals surface area contributed by atoms with Crippen molar-refractivity contribution in [3.8, 4) is 6.07 Å². The van der Waals surface area contributed by atoms with Crippen molar-refractivity contribution in [2.75, 3.05) is 12.8 Å². The highest BCUT2D eigenvalue weighted by Crippen LogP contribution is 2.23. The Labute approximate surface area is 163 Å². The summed E-state index contributed by atoms with van der Waals surface area (Å²) in [4.78, 5) is 21.4. The SMILES string of the molecule is CC(c1cc2ccccc2[nH]1)N(C)C(=O)/C=C/c1cnc(N)c(C#N)c1.Cl. The summed E-state index contributed by atoms with van der Waals surface area (Å²) in [7, 11) is 1.75. The van der Waals surface area contributed by atoms with Crippen molar-refractivity contribution in [2.24, 2.45) is 0 Å². The molecule has 0 fully saturated rings. The van der Waals surface area contributed by atoms with Crippen LogP contribution in [0.2, 0.25) is 0 Å². The van der Waals surface area contributed by atoms with Gasteiger partial charge >= 0.3 is 0 Å². The van der Waals surface area contributed by atoms with Gasteiger partial charge in [-0.2, -0.15) is 5.26 Å². The average molecular weight is 382 g/mol. The molecule has 7 heteroatoms. The number of H-pyrrole nitrogens is 1. The maximum absolute atomic E-state index is 12.5. The quantitative estimate of drug-likeness (QED) is 0.673. The van der Waals surface area contributed by atoms with Gasteiger partial charge in [-0.25, -0.2) is 4.98 Å². The number of rotatable bonds is 4. The Morgan fingerprint density at radius 3 is 2.81 bits per heavy atom. The normalized spacial score (nSPS) is 11.7. The smallest absolute Gasteiger partial charge is 0.246 e. The molecular formula is C20H20ClN5O. The second kappa shape index (κ2) is 8.39. The van der Waals surface area contributed by atoms with Gasteiger partial charge in [-0.15, -0.1) is 12.4 Å². The Bertz CT molecular complexity index is 1000. The van der Waals surface area contributed by atoms with Crippen LogP contribution in [-0.2, 0) is 4.79 Å². The number of hydrogen-bond donors (Lipinski definition) is 2. The third-order valence-electron chi connectivity index (χ3n) is 4.41. The number of nitrogens with one attached hydrogen (secondary N) is 1. The van der Waals surface area contributed by atoms with E-state index in [1.807, 2.05) is 37.3 Å². The zero-order valence-electron chi connectivity index (χ0n) is 15.0. The zero-order chi connectivity index (χ0) is 18.7. The molecule has 6 nitrogen and oxygen atoms in total. The molecule has 0 aliphatic rings. The van der Waals surface area contributed by atoms with Crippen LogP contribution in [-0.4, -0.2) is 27.8 Å². The molecule has 0 radical (unpaired) electrons. The molecule has 0 aliphatic heterocycles. The summed E-state index contributed by atoms with van der Waals surface area (Å²) in [5.74, 6) is 0.0343. The van der Waals surface area contributed by atoms with E-state index in [-0.39, 0.29) is 30.2 Å². The van der Waals surface area contributed by atoms with Gasteiger partial charge in [0.1, 0.15) is 11.9 Å². The molecule has 1 atom stereocenters. The van der Waals surface area contributed by atoms with E-state index in [1.165, 1.54) is 12.3 Å². The monoisotopic (exact) mass is 381 g/mol. The van der Waals surface area contributed by atoms with Crippen LogP contribution >= 0.6 is 12.4 Å². The number of aromatic nitrogens is 2. The Kier molecular flexibility index (Phi) is 6.22. The lowest BCUT2D eigenvalue weighted by Gasteiger charge is -2.22. The fourth-order valence-corrected chi connectivity index (χ4v) is 2.68. The highest BCUT2D eigenvalue weighted by Gasteiger charge is 2.17. The first-order valence-corrected chi connectivity index (χ1v) is 8.17. The molecule has 2 heterocycles. The molecule has 3 aromatic rings. The summed E-state index contributed by atoms with van der Waals surface area (Å²) in [6.45, 7) is 1.97. The van der Waals surface area contributed by atoms with Gasteiger partial charge in [0.15, 0.2) is 0 Å². The number of hydrogen-bond acceptors (Lipinski definition) is 4. The van der Waals surface area contributed by atoms with E-state index < -0.39 is 0 Å². The maximum Gasteiger partial charge on any atom is 0.246 e. The number of halogens is 1. The minimum Gasteiger partial charge on any atom is -0.383 e. The fourth-order valence-electron chi connectivity index (χ4n) is 2.68. The standard InChI is InChI=1S/C20H19N5O.ClH/c1-13(18-10-15-5-3-4-6-17(15)24-18)25(2)19(26)8-7-14-9-16(11-21)20(22)23-12-14;/h3-10,12-13,24H,1-2H3,(H2,22,23);1H/b8-7+;. The van der Waals surface area contributed by atoms with Crippen LogP contribution in [0.1, 0.15) is 29.8 Å². The third-order valence-corrected chi connectivity index (χ3v) is 4.41. The zero-order valence-corrected chi connectivity index (χ0v) is 15.8. The van der Waals surface area contributed by atoms with E-state index >= 15 is 0 Å². The van der Waals surface area contributed by atoms with Gasteiger partial charge in [-0.3, -0.25) is 4.79 Å². The lowest BCUT2D eigenvalue weighted by atomic mass is 10.1. The lowest BCUT2D eigenvalue weighted by Crippen LogP contribution is -2.28. The first-order chi connectivity index (χ1) is 12.5. The van der Waals surface area contributed by atoms with Crippen LogP contribution in [0.15, 0.2) is 48.7 Å². The number of pyridine rings is 1. The maximum atomic E-state index is 12.5. The van der Waals surface area contributed by atoms with Crippen LogP contribution < -0.4 is 5.73 Å². The average Bonchev–Trinajstić information content (AvgIpc) is 3.10. The van der Waals surface area contributed by atoms with E-state index in [0.29, 0.717) is 11.1 Å². The van der Waals surface area contributed by atoms with Crippen LogP contribution in [0.4, 0.5) is 5.82 Å². The molecule has 0 saturated heterocycles. The number of aromatic amines is 1. The molecule has 1 unspecified atom stereocenters. The molecule has 1 amide bonds. The Hall–Kier alpha value is -3.30. The predicted octanol–water partition coefficient (Wildman–Crippen LogP) is 3.67. The van der Waals surface area contributed by atoms with E-state index in [2.05, 4.69) is 16.0 Å². The molecule has 0 aliphatic carbocycles. The first kappa shape index (κ1) is 20.0. The van der Waals surface area contributed by atoms with E-state index in [4.69, 9.17) is 11.0 Å². The summed E-state index contributed by atoms with van der Waals surface area (Å²) in [5.41, 5.74) is 8.56. The number of likely N-dealkylation sites (N-methyl/N-ethyl adjacent to an activating group) is 1. The van der Waals surface area contributed by atoms with Gasteiger partial charge in [0.2, 0.25) is 5.91 Å². The van der Waals surface area contributed by atoms with Crippen molar-refractivity contribution in [1.29, 1.82) is 5.26 Å². The summed E-state index contributed by atoms with van der Waals surface area (Å²) in [5, 5.41) is 10.1. The van der Waals surface area contributed by atoms with Gasteiger partial charge in [0, 0.05) is 30.5 Å². The predicted molar refractivity (Wildman–Crippen MR) is 109 cm³/mol. The Morgan fingerprint density at radius 2 is 2.11 bits per heavy atom. The number of carbonyl (C=O) groups is 1. The second-order valence-corrected chi connectivity index (χ2v) is 6.08. The van der Waals surface area contributed by atoms with E-state index in [1.54, 1.807) is 24.1 Å². The molecule has 0 spiro atoms. The van der Waals surface area contributed by atoms with E-state index in [9.17, 15) is 4.79 Å². The second-order valence-electron chi connectivity index (χ2n) is 6.08. The van der Waals surface area contributed by atoms with Crippen LogP contribution in [0.5, 0.6) is 0 Å². The summed E-state index contributed by atoms with van der Waals surface area (Å²) >= 11 is 0. The van der Waals surface area contributed by atoms with Crippen LogP contribution in [0.25, 0.3) is 17.0 Å². The largest absolute Gasteiger partial charge is 0.383 e. The number of nitrogens with zero attached hydrogens (tertiary/aromatic N) is 3. The molecule has 0 saturated carbocycles. The van der Waals surface area contributed by atoms with Crippen LogP contribution in [0, 0.1) is 11.3 Å². The third kappa shape index (κ3) is 4.27. The molecular weight excluding hydrogens is 362 g/mol. The fraction of sp³-hybridized carbons (Fsp3) is 0.150. The number of nitriles is 1. The molecule has 2 aromatic heterocycles. The molecule has 138 valence electrons. The van der Waals surface area contributed by atoms with E-state index in [0.717, 1.165) is 16.6 Å². The summed E-state index contributed by atoms with van der Waals surface area (Å²) in [6, 6.07) is 13.5. The van der Waals surface area contributed by atoms with Gasteiger partial charge in [-0.05, 0) is 42.1 Å². The lowest BCUT2D eigenvalue weighted by molar-refractivity contribution is -0.126. The number of anilines is 1. The minimum atomic E-state index is -0.147. The molecule has 1 aromatic carbocycles. The number of para-hydroxylation sites is 1. The number of amides is 1. The van der Waals surface area contributed by atoms with Crippen molar-refractivity contribution in [1.82, 2.24) is 14.9 Å². The molecule has 27 heavy (non-hydrogen) atoms. The van der Waals surface area contributed by atoms with Crippen molar-refractivity contribution in [3.63, 3.8) is 0 Å². The highest BCUT2D eigenvalue weighted by atomic mass is 35.5. The number of nitrogen functional groups attached to an aromatic ring is 1. The molecule has 0 bridgehead atoms. The van der Waals surface area contributed by atoms with Crippen molar-refractivity contribution in [3.05, 3.63) is 65.5 Å². The summed E-state index contributed by atoms with van der Waals surface area (Å²) < 4.78 is 0. The Balaban J connectivity index is 0.00000261. The molecule has 3 N–H and O–H groups in total. The van der Waals surface area contributed by atoms with Crippen molar-refractivity contribution >= 4 is 41.1 Å². The first-order valence-electron chi connectivity index (χ1n) is 8.17. The van der Waals surface area contributed by atoms with Gasteiger partial charge in [0.05, 0.1) is 11.6 Å². The number of fused-ring (bicyclic) bond motifs is 1. The summed E-state index contributed by atoms with van der Waals surface area (Å²) in [6.07, 6.45) is 4.62. The van der Waals surface area contributed by atoms with Crippen molar-refractivity contribution < 1.29 is 4.79 Å². The van der Waals surface area contributed by atoms with Crippen LogP contribution in [0.3, 0.4) is 0 Å². The van der Waals surface area contributed by atoms with Gasteiger partial charge < -0.3 is 15.6 Å². The number of nitrogens with two attached hydrogens (primary N) is 1. The topological polar surface area (TPSA) is 98.8 Å². The number of benzene rings is 1.